The van der Waals surface area contributed by atoms with Gasteiger partial charge in [-0.2, -0.15) is 0 Å². The van der Waals surface area contributed by atoms with Crippen LogP contribution in [0, 0.1) is 0 Å². The number of alkyl halides is 3. The molecule has 0 bridgehead atoms. The third kappa shape index (κ3) is 6.20. The van der Waals surface area contributed by atoms with E-state index >= 15 is 0 Å². The Kier molecular flexibility index (Phi) is 6.21. The largest absolute Gasteiger partial charge is 0.573 e. The molecule has 0 aliphatic carbocycles. The molecule has 2 rings (SSSR count). The fraction of sp³-hybridized carbons (Fsp3) is 0.214. The molecule has 0 spiro atoms. The van der Waals surface area contributed by atoms with Crippen LogP contribution in [-0.2, 0) is 4.79 Å². The third-order valence-electron chi connectivity index (χ3n) is 2.45. The number of thioether (sulfide) groups is 1. The zero-order valence-corrected chi connectivity index (χ0v) is 14.0. The second-order valence-corrected chi connectivity index (χ2v) is 6.73. The monoisotopic (exact) mass is 375 g/mol. The molecular formula is C14H12F3N3O2S2. The minimum Gasteiger partial charge on any atom is -0.406 e. The van der Waals surface area contributed by atoms with E-state index in [0.29, 0.717) is 10.7 Å². The molecule has 0 radical (unpaired) electrons. The van der Waals surface area contributed by atoms with Gasteiger partial charge in [0.05, 0.1) is 0 Å². The number of carbonyl (C=O) groups is 1. The van der Waals surface area contributed by atoms with Crippen LogP contribution in [0.3, 0.4) is 0 Å². The summed E-state index contributed by atoms with van der Waals surface area (Å²) in [7, 11) is 0. The molecular weight excluding hydrogens is 363 g/mol. The van der Waals surface area contributed by atoms with Crippen LogP contribution in [0.2, 0.25) is 0 Å². The van der Waals surface area contributed by atoms with Gasteiger partial charge in [-0.15, -0.1) is 23.4 Å². The van der Waals surface area contributed by atoms with Crippen LogP contribution in [0.5, 0.6) is 5.75 Å². The third-order valence-corrected chi connectivity index (χ3v) is 4.30. The van der Waals surface area contributed by atoms with E-state index in [0.717, 1.165) is 10.1 Å². The normalized spacial score (nSPS) is 11.7. The molecule has 0 aliphatic heterocycles. The van der Waals surface area contributed by atoms with Gasteiger partial charge in [-0.3, -0.25) is 10.1 Å². The number of anilines is 1. The van der Waals surface area contributed by atoms with Crippen molar-refractivity contribution < 1.29 is 22.7 Å². The molecule has 1 N–H and O–H groups in total. The molecule has 10 heteroatoms. The molecule has 0 unspecified atom stereocenters. The van der Waals surface area contributed by atoms with Crippen molar-refractivity contribution in [3.8, 4) is 5.75 Å². The molecule has 0 aliphatic rings. The molecule has 1 amide bonds. The van der Waals surface area contributed by atoms with Crippen LogP contribution in [-0.4, -0.2) is 28.2 Å². The van der Waals surface area contributed by atoms with Gasteiger partial charge in [0.1, 0.15) is 5.75 Å². The summed E-state index contributed by atoms with van der Waals surface area (Å²) in [6.07, 6.45) is -2.00. The average molecular weight is 375 g/mol. The number of halogens is 3. The summed E-state index contributed by atoms with van der Waals surface area (Å²) < 4.78 is 40.7. The summed E-state index contributed by atoms with van der Waals surface area (Å²) in [4.78, 5) is 11.8. The van der Waals surface area contributed by atoms with Crippen LogP contribution < -0.4 is 10.1 Å². The summed E-state index contributed by atoms with van der Waals surface area (Å²) in [6, 6.07) is 5.16. The zero-order chi connectivity index (χ0) is 17.6. The molecule has 0 atom stereocenters. The summed E-state index contributed by atoms with van der Waals surface area (Å²) >= 11 is 2.79. The molecule has 0 fully saturated rings. The summed E-state index contributed by atoms with van der Waals surface area (Å²) in [5.74, 6) is 0.130. The fourth-order valence-corrected chi connectivity index (χ4v) is 3.19. The lowest BCUT2D eigenvalue weighted by Gasteiger charge is -2.08. The Morgan fingerprint density at radius 1 is 1.33 bits per heavy atom. The number of amides is 1. The maximum Gasteiger partial charge on any atom is 0.573 e. The van der Waals surface area contributed by atoms with Gasteiger partial charge >= 0.3 is 6.36 Å². The second kappa shape index (κ2) is 8.15. The van der Waals surface area contributed by atoms with Crippen molar-refractivity contribution in [1.29, 1.82) is 0 Å². The van der Waals surface area contributed by atoms with Gasteiger partial charge in [0.25, 0.3) is 0 Å². The Hall–Kier alpha value is -2.07. The number of carbonyl (C=O) groups excluding carboxylic acids is 1. The first-order valence-electron chi connectivity index (χ1n) is 6.67. The quantitative estimate of drug-likeness (QED) is 0.466. The summed E-state index contributed by atoms with van der Waals surface area (Å²) in [5.41, 5.74) is 0.555. The lowest BCUT2D eigenvalue weighted by Crippen LogP contribution is -2.16. The van der Waals surface area contributed by atoms with Gasteiger partial charge in [0.2, 0.25) is 11.0 Å². The lowest BCUT2D eigenvalue weighted by molar-refractivity contribution is -0.274. The molecule has 24 heavy (non-hydrogen) atoms. The summed E-state index contributed by atoms with van der Waals surface area (Å²) in [6.45, 7) is 1.98. The molecule has 0 saturated carbocycles. The highest BCUT2D eigenvalue weighted by molar-refractivity contribution is 8.01. The van der Waals surface area contributed by atoms with E-state index in [4.69, 9.17) is 0 Å². The Balaban J connectivity index is 1.90. The Bertz CT molecular complexity index is 715. The predicted molar refractivity (Wildman–Crippen MR) is 87.1 cm³/mol. The molecule has 1 aromatic heterocycles. The van der Waals surface area contributed by atoms with E-state index in [1.54, 1.807) is 0 Å². The Labute approximate surface area is 143 Å². The van der Waals surface area contributed by atoms with Crippen molar-refractivity contribution in [2.24, 2.45) is 0 Å². The van der Waals surface area contributed by atoms with E-state index in [9.17, 15) is 18.0 Å². The number of hydrogen-bond acceptors (Lipinski definition) is 6. The van der Waals surface area contributed by atoms with Gasteiger partial charge in [0, 0.05) is 6.08 Å². The van der Waals surface area contributed by atoms with E-state index in [1.807, 2.05) is 6.92 Å². The van der Waals surface area contributed by atoms with Crippen molar-refractivity contribution in [3.63, 3.8) is 0 Å². The van der Waals surface area contributed by atoms with Crippen LogP contribution >= 0.6 is 23.1 Å². The van der Waals surface area contributed by atoms with Crippen LogP contribution in [0.25, 0.3) is 6.08 Å². The molecule has 2 aromatic rings. The van der Waals surface area contributed by atoms with Gasteiger partial charge in [0.15, 0.2) is 4.34 Å². The minimum absolute atomic E-state index is 0.320. The van der Waals surface area contributed by atoms with Gasteiger partial charge in [-0.1, -0.05) is 42.2 Å². The number of rotatable bonds is 6. The highest BCUT2D eigenvalue weighted by Gasteiger charge is 2.30. The van der Waals surface area contributed by atoms with Crippen molar-refractivity contribution in [1.82, 2.24) is 10.2 Å². The first-order valence-corrected chi connectivity index (χ1v) is 8.47. The van der Waals surface area contributed by atoms with Crippen molar-refractivity contribution in [3.05, 3.63) is 35.9 Å². The molecule has 5 nitrogen and oxygen atoms in total. The number of aromatic nitrogens is 2. The predicted octanol–water partition coefficient (Wildman–Crippen LogP) is 4.20. The van der Waals surface area contributed by atoms with Crippen LogP contribution in [0.15, 0.2) is 34.7 Å². The standard InChI is InChI=1S/C14H12F3N3O2S2/c1-2-23-13-20-19-12(24-13)18-11(21)8-5-9-3-6-10(7-4-9)22-14(15,16)17/h3-8H,2H2,1H3,(H,18,19,21)/b8-5+. The molecule has 0 saturated heterocycles. The zero-order valence-electron chi connectivity index (χ0n) is 12.3. The van der Waals surface area contributed by atoms with Crippen molar-refractivity contribution in [2.45, 2.75) is 17.6 Å². The topological polar surface area (TPSA) is 64.1 Å². The van der Waals surface area contributed by atoms with E-state index in [1.165, 1.54) is 59.5 Å². The number of benzene rings is 1. The van der Waals surface area contributed by atoms with Crippen LogP contribution in [0.4, 0.5) is 18.3 Å². The van der Waals surface area contributed by atoms with Crippen molar-refractivity contribution >= 4 is 40.2 Å². The van der Waals surface area contributed by atoms with Gasteiger partial charge in [-0.25, -0.2) is 0 Å². The molecule has 128 valence electrons. The van der Waals surface area contributed by atoms with E-state index in [-0.39, 0.29) is 5.75 Å². The second-order valence-electron chi connectivity index (χ2n) is 4.25. The number of ether oxygens (including phenoxy) is 1. The molecule has 1 aromatic carbocycles. The fourth-order valence-electron chi connectivity index (χ4n) is 1.54. The van der Waals surface area contributed by atoms with Gasteiger partial charge < -0.3 is 4.74 Å². The number of hydrogen-bond donors (Lipinski definition) is 1. The number of nitrogens with one attached hydrogen (secondary N) is 1. The van der Waals surface area contributed by atoms with Crippen LogP contribution in [0.1, 0.15) is 12.5 Å². The van der Waals surface area contributed by atoms with E-state index < -0.39 is 12.3 Å². The SMILES string of the molecule is CCSc1nnc(NC(=O)/C=C/c2ccc(OC(F)(F)F)cc2)s1. The maximum absolute atomic E-state index is 12.1. The number of nitrogens with zero attached hydrogens (tertiary/aromatic N) is 2. The Morgan fingerprint density at radius 3 is 2.67 bits per heavy atom. The first-order chi connectivity index (χ1) is 11.4. The highest BCUT2D eigenvalue weighted by Crippen LogP contribution is 2.25. The molecule has 1 heterocycles. The summed E-state index contributed by atoms with van der Waals surface area (Å²) in [5, 5.41) is 10.7. The van der Waals surface area contributed by atoms with Crippen molar-refractivity contribution in [2.75, 3.05) is 11.1 Å². The van der Waals surface area contributed by atoms with Gasteiger partial charge in [-0.05, 0) is 29.5 Å². The maximum atomic E-state index is 12.1. The smallest absolute Gasteiger partial charge is 0.406 e. The minimum atomic E-state index is -4.73. The average Bonchev–Trinajstić information content (AvgIpc) is 2.92. The lowest BCUT2D eigenvalue weighted by atomic mass is 10.2. The van der Waals surface area contributed by atoms with E-state index in [2.05, 4.69) is 20.3 Å². The highest BCUT2D eigenvalue weighted by atomic mass is 32.2. The first kappa shape index (κ1) is 18.3. The Morgan fingerprint density at radius 2 is 2.04 bits per heavy atom.